The number of morpholine rings is 1. The van der Waals surface area contributed by atoms with Crippen LogP contribution in [0.5, 0.6) is 0 Å². The lowest BCUT2D eigenvalue weighted by atomic mass is 9.82. The summed E-state index contributed by atoms with van der Waals surface area (Å²) in [6.07, 6.45) is -43.1. The number of esters is 6. The van der Waals surface area contributed by atoms with Crippen LogP contribution in [-0.2, 0) is 86.3 Å². The van der Waals surface area contributed by atoms with Crippen LogP contribution in [-0.4, -0.2) is 261 Å². The zero-order chi connectivity index (χ0) is 118. The number of nitrogens with zero attached hydrogens (tertiary/aromatic N) is 1. The standard InChI is InChI=1S/C18H35NO3.C17H28F6O4.2C15H24F6O3.C12H18F6O3.C8H20N.C8H14O4.C4H10O3S/c1-2-3-4-5-6-7-8-9-10-11-18(20)22-17-14-19-12-15-21-16-13-19;1-9-13(4,5)12(24)27-14(6,7)15(16(18,19)20,17(21,22)23)26-11(25-8)10(2)3;2*1-6-12(4,5)11(22)24-10(7-9(2)3)8-13(23,14(16,17)18)15(19,20)21;1-6-8(2,3)7(19)21-9(4,5)10(20,11(13,14)15)12(16,17)18;1-5-9(6-2,7-3)8-4;1-4-8(2,3)7(11)12-5-6(9)10;1-3-4(2)8(5,6)7/h2-17H2,1H3;10-11H,9H2,1-8H3;2*9-10,23H,6-8H2,1-5H3;20H,6H2,1-5H3;5-8H2,1-4H3;4-5H2,1-3H3,(H,9,10);4H,3H2,1-2H3,(H,5,6,7)/q;;;;;+1;;/p-1. The fourth-order valence-electron chi connectivity index (χ4n) is 12.4. The van der Waals surface area contributed by atoms with Crippen LogP contribution in [0.4, 0.5) is 105 Å². The minimum absolute atomic E-state index is 0.0180. The predicted molar refractivity (Wildman–Crippen MR) is 498 cm³/mol. The summed E-state index contributed by atoms with van der Waals surface area (Å²) in [5, 5.41) is 37.1. The van der Waals surface area contributed by atoms with Gasteiger partial charge in [-0.05, 0) is 201 Å². The minimum atomic E-state index is -6.06. The fraction of sp³-hybridized carbons (Fsp3) is 0.928. The summed E-state index contributed by atoms with van der Waals surface area (Å²) in [4.78, 5) is 82.2. The van der Waals surface area contributed by atoms with E-state index in [0.29, 0.717) is 66.4 Å². The first-order valence-electron chi connectivity index (χ1n) is 49.2. The molecule has 1 rings (SSSR count). The van der Waals surface area contributed by atoms with Gasteiger partial charge in [-0.25, -0.2) is 8.42 Å². The highest BCUT2D eigenvalue weighted by molar-refractivity contribution is 7.86. The fourth-order valence-corrected chi connectivity index (χ4v) is 12.8. The Kier molecular flexibility index (Phi) is 67.6. The molecule has 0 aromatic heterocycles. The van der Waals surface area contributed by atoms with Crippen molar-refractivity contribution >= 4 is 51.9 Å². The molecule has 0 radical (unpaired) electrons. The number of quaternary nitrogens is 2. The molecule has 0 bridgehead atoms. The molecule has 147 heavy (non-hydrogen) atoms. The van der Waals surface area contributed by atoms with E-state index in [1.807, 2.05) is 6.92 Å². The van der Waals surface area contributed by atoms with Gasteiger partial charge in [0.1, 0.15) is 45.1 Å². The molecule has 1 aliphatic rings. The highest BCUT2D eigenvalue weighted by Gasteiger charge is 2.82. The highest BCUT2D eigenvalue weighted by atomic mass is 32.2. The molecular weight excluding hydrogens is 2050 g/mol. The van der Waals surface area contributed by atoms with Crippen LogP contribution in [0, 0.1) is 44.8 Å². The van der Waals surface area contributed by atoms with Gasteiger partial charge in [0.25, 0.3) is 16.8 Å². The molecule has 4 atom stereocenters. The Hall–Kier alpha value is -5.80. The van der Waals surface area contributed by atoms with Crippen LogP contribution in [0.25, 0.3) is 0 Å². The second-order valence-corrected chi connectivity index (χ2v) is 43.2. The summed E-state index contributed by atoms with van der Waals surface area (Å²) < 4.78 is 388. The summed E-state index contributed by atoms with van der Waals surface area (Å²) in [7, 11) is -3.07. The van der Waals surface area contributed by atoms with E-state index in [4.69, 9.17) is 23.7 Å². The largest absolute Gasteiger partial charge is 0.748 e. The maximum absolute atomic E-state index is 13.9. The summed E-state index contributed by atoms with van der Waals surface area (Å²) >= 11 is 0. The number of hydrogen-bond acceptors (Lipinski definition) is 23. The number of aliphatic hydroxyl groups is 3. The Bertz CT molecular complexity index is 3680. The number of alkyl halides is 24. The van der Waals surface area contributed by atoms with Crippen LogP contribution in [0.2, 0.25) is 0 Å². The van der Waals surface area contributed by atoms with Gasteiger partial charge in [0.05, 0.1) is 82.6 Å². The third kappa shape index (κ3) is 52.3. The van der Waals surface area contributed by atoms with Gasteiger partial charge in [0.15, 0.2) is 17.5 Å². The van der Waals surface area contributed by atoms with E-state index in [-0.39, 0.29) is 43.5 Å². The SMILES string of the molecule is CCC(C)(C)C(=O)OC(C)(C)C(O)(C(F)(F)F)C(F)(F)F.CCC(C)(C)C(=O)OC(C)(C)C(OC(OC)C(C)C)(C(F)(F)F)C(F)(F)F.CCC(C)(C)C(=O)OC(CC(C)C)CC(O)(C(F)(F)F)C(F)(F)F.CCC(C)(C)C(=O)OC(CC(C)C)CC(O)(C(F)(F)F)C(F)(F)F.CCC(C)(C)C(=O)OCC(=O)[O-].CCC(C)S(=O)(=O)[O-].CCCCCCCCCCCC(=O)OCC[NH+]1CCOCC1.CC[N+](CC)(CC)CC. The number of ether oxygens (including phenoxy) is 9. The van der Waals surface area contributed by atoms with E-state index in [9.17, 15) is 172 Å². The van der Waals surface area contributed by atoms with Gasteiger partial charge >= 0.3 is 90.8 Å². The van der Waals surface area contributed by atoms with E-state index in [1.165, 1.54) is 164 Å². The second kappa shape index (κ2) is 64.5. The number of rotatable bonds is 49. The van der Waals surface area contributed by atoms with Crippen LogP contribution in [0.3, 0.4) is 0 Å². The van der Waals surface area contributed by atoms with Crippen molar-refractivity contribution in [3.63, 3.8) is 0 Å². The number of methoxy groups -OCH3 is 1. The Morgan fingerprint density at radius 3 is 0.952 bits per heavy atom. The van der Waals surface area contributed by atoms with Crippen LogP contribution in [0.1, 0.15) is 350 Å². The van der Waals surface area contributed by atoms with Gasteiger partial charge in [0, 0.05) is 37.5 Å². The zero-order valence-electron chi connectivity index (χ0n) is 91.9. The number of nitrogens with one attached hydrogen (secondary N) is 1. The molecule has 1 aliphatic heterocycles. The minimum Gasteiger partial charge on any atom is -0.748 e. The van der Waals surface area contributed by atoms with Crippen LogP contribution >= 0.6 is 0 Å². The summed E-state index contributed by atoms with van der Waals surface area (Å²) in [6, 6.07) is 0. The number of carboxylic acids is 1. The Labute approximate surface area is 853 Å². The molecule has 50 heteroatoms. The van der Waals surface area contributed by atoms with Gasteiger partial charge in [-0.1, -0.05) is 141 Å². The maximum Gasteiger partial charge on any atom is 0.430 e. The molecular formula is C97H172F24N2O23S. The van der Waals surface area contributed by atoms with E-state index in [2.05, 4.69) is 53.6 Å². The zero-order valence-corrected chi connectivity index (χ0v) is 92.7. The number of aliphatic carboxylic acids is 1. The average molecular weight is 2220 g/mol. The van der Waals surface area contributed by atoms with Crippen molar-refractivity contribution < 1.29 is 224 Å². The van der Waals surface area contributed by atoms with Crippen molar-refractivity contribution in [1.82, 2.24) is 0 Å². The Balaban J connectivity index is -0.000000312. The second-order valence-electron chi connectivity index (χ2n) is 41.4. The molecule has 25 nitrogen and oxygen atoms in total. The number of halogens is 24. The normalized spacial score (nSPS) is 15.0. The van der Waals surface area contributed by atoms with E-state index in [1.54, 1.807) is 69.2 Å². The van der Waals surface area contributed by atoms with Crippen molar-refractivity contribution in [3.8, 4) is 0 Å². The van der Waals surface area contributed by atoms with Gasteiger partial charge in [0.2, 0.25) is 0 Å². The predicted octanol–water partition coefficient (Wildman–Crippen LogP) is 22.4. The molecule has 0 saturated carbocycles. The van der Waals surface area contributed by atoms with Gasteiger partial charge in [-0.2, -0.15) is 105 Å². The van der Waals surface area contributed by atoms with E-state index < -0.39 is 205 Å². The Morgan fingerprint density at radius 2 is 0.714 bits per heavy atom. The van der Waals surface area contributed by atoms with Gasteiger partial charge in [-0.15, -0.1) is 0 Å². The first-order chi connectivity index (χ1) is 65.6. The van der Waals surface area contributed by atoms with Crippen molar-refractivity contribution in [2.24, 2.45) is 44.8 Å². The molecule has 4 N–H and O–H groups in total. The van der Waals surface area contributed by atoms with Gasteiger partial charge < -0.3 is 81.8 Å². The first kappa shape index (κ1) is 154. The molecule has 1 heterocycles. The number of carbonyl (C=O) groups excluding carboxylic acids is 7. The van der Waals surface area contributed by atoms with Crippen molar-refractivity contribution in [1.29, 1.82) is 0 Å². The molecule has 0 aromatic carbocycles. The lowest BCUT2D eigenvalue weighted by Gasteiger charge is -2.48. The molecule has 0 aromatic rings. The summed E-state index contributed by atoms with van der Waals surface area (Å²) in [5.41, 5.74) is -31.5. The van der Waals surface area contributed by atoms with Crippen LogP contribution in [0.15, 0.2) is 0 Å². The van der Waals surface area contributed by atoms with Crippen LogP contribution < -0.4 is 10.0 Å². The lowest BCUT2D eigenvalue weighted by Crippen LogP contribution is -3.14. The monoisotopic (exact) mass is 2220 g/mol. The van der Waals surface area contributed by atoms with Crippen molar-refractivity contribution in [3.05, 3.63) is 0 Å². The maximum atomic E-state index is 13.9. The third-order valence-corrected chi connectivity index (χ3v) is 27.0. The number of carbonyl (C=O) groups is 7. The molecule has 882 valence electrons. The highest BCUT2D eigenvalue weighted by Crippen LogP contribution is 2.57. The van der Waals surface area contributed by atoms with E-state index >= 15 is 0 Å². The number of carboxylic acid groups (broad SMARTS) is 1. The van der Waals surface area contributed by atoms with Crippen molar-refractivity contribution in [2.45, 2.75) is 457 Å². The number of hydrogen-bond donors (Lipinski definition) is 4. The average Bonchev–Trinajstić information content (AvgIpc) is 0.705. The lowest BCUT2D eigenvalue weighted by molar-refractivity contribution is -0.921. The molecule has 4 unspecified atom stereocenters. The molecule has 1 saturated heterocycles. The quantitative estimate of drug-likeness (QED) is 0.00836. The molecule has 0 spiro atoms. The first-order valence-corrected chi connectivity index (χ1v) is 50.7. The molecule has 0 aliphatic carbocycles. The van der Waals surface area contributed by atoms with Crippen molar-refractivity contribution in [2.75, 3.05) is 79.4 Å². The third-order valence-electron chi connectivity index (χ3n) is 25.7. The smallest absolute Gasteiger partial charge is 0.430 e. The topological polar surface area (TPSA) is 348 Å². The molecule has 0 amide bonds. The molecule has 1 fully saturated rings. The Morgan fingerprint density at radius 1 is 0.415 bits per heavy atom. The number of unbranched alkanes of at least 4 members (excludes halogenated alkanes) is 8. The summed E-state index contributed by atoms with van der Waals surface area (Å²) in [6.45, 7) is 57.7. The van der Waals surface area contributed by atoms with Gasteiger partial charge in [-0.3, -0.25) is 28.8 Å². The summed E-state index contributed by atoms with van der Waals surface area (Å²) in [5.74, 6) is -7.67. The van der Waals surface area contributed by atoms with E-state index in [0.717, 1.165) is 52.8 Å².